The van der Waals surface area contributed by atoms with E-state index in [4.69, 9.17) is 0 Å². The minimum atomic E-state index is -0.680. The van der Waals surface area contributed by atoms with Gasteiger partial charge in [0, 0.05) is 35.4 Å². The van der Waals surface area contributed by atoms with Gasteiger partial charge in [-0.1, -0.05) is 50.2 Å². The fourth-order valence-corrected chi connectivity index (χ4v) is 4.15. The quantitative estimate of drug-likeness (QED) is 0.440. The van der Waals surface area contributed by atoms with Crippen LogP contribution in [0, 0.1) is 5.92 Å². The monoisotopic (exact) mass is 412 g/mol. The molecule has 29 heavy (non-hydrogen) atoms. The molecule has 0 aliphatic carbocycles. The average Bonchev–Trinajstić information content (AvgIpc) is 3.01. The summed E-state index contributed by atoms with van der Waals surface area (Å²) in [4.78, 5) is 0. The van der Waals surface area contributed by atoms with Gasteiger partial charge in [0.05, 0.1) is 18.8 Å². The second-order valence-electron chi connectivity index (χ2n) is 8.07. The first-order valence-electron chi connectivity index (χ1n) is 9.86. The summed E-state index contributed by atoms with van der Waals surface area (Å²) >= 11 is 0. The average molecular weight is 413 g/mol. The van der Waals surface area contributed by atoms with Crippen LogP contribution in [-0.4, -0.2) is 33.5 Å². The van der Waals surface area contributed by atoms with Gasteiger partial charge in [-0.05, 0) is 40.5 Å². The van der Waals surface area contributed by atoms with Crippen molar-refractivity contribution in [2.45, 2.75) is 25.9 Å². The zero-order chi connectivity index (χ0) is 19.9. The second-order valence-corrected chi connectivity index (χ2v) is 8.07. The van der Waals surface area contributed by atoms with E-state index >= 15 is 0 Å². The molecule has 0 bridgehead atoms. The minimum absolute atomic E-state index is 0. The van der Waals surface area contributed by atoms with Gasteiger partial charge in [-0.15, -0.1) is 12.4 Å². The summed E-state index contributed by atoms with van der Waals surface area (Å²) in [5, 5.41) is 28.1. The third-order valence-corrected chi connectivity index (χ3v) is 6.27. The molecule has 4 rings (SSSR count). The van der Waals surface area contributed by atoms with Crippen LogP contribution >= 0.6 is 12.4 Å². The van der Waals surface area contributed by atoms with Gasteiger partial charge >= 0.3 is 0 Å². The van der Waals surface area contributed by atoms with E-state index < -0.39 is 5.54 Å². The summed E-state index contributed by atoms with van der Waals surface area (Å²) in [7, 11) is 2.11. The first-order valence-corrected chi connectivity index (χ1v) is 9.86. The number of aliphatic hydroxyl groups is 2. The summed E-state index contributed by atoms with van der Waals surface area (Å²) in [6.45, 7) is 4.43. The Bertz CT molecular complexity index is 1150. The third kappa shape index (κ3) is 3.51. The molecular formula is C24H29ClN2O2. The molecule has 0 atom stereocenters. The lowest BCUT2D eigenvalue weighted by atomic mass is 9.87. The molecule has 0 saturated heterocycles. The Balaban J connectivity index is 0.00000240. The molecule has 4 nitrogen and oxygen atoms in total. The number of benzene rings is 3. The van der Waals surface area contributed by atoms with Crippen molar-refractivity contribution < 1.29 is 10.2 Å². The molecule has 5 heteroatoms. The van der Waals surface area contributed by atoms with Crippen LogP contribution in [0.4, 0.5) is 0 Å². The Morgan fingerprint density at radius 3 is 2.31 bits per heavy atom. The number of aryl methyl sites for hydroxylation is 1. The predicted molar refractivity (Wildman–Crippen MR) is 124 cm³/mol. The molecule has 0 aliphatic rings. The fraction of sp³-hybridized carbons (Fsp3) is 0.333. The third-order valence-electron chi connectivity index (χ3n) is 6.27. The largest absolute Gasteiger partial charge is 0.394 e. The SMILES string of the molecule is CC(C)C(CO)(CO)NCc1ccc2c(c1)c1c3ccccc3ccc1n2C.Cl. The number of halogens is 1. The Morgan fingerprint density at radius 2 is 1.62 bits per heavy atom. The number of aliphatic hydroxyl groups excluding tert-OH is 2. The highest BCUT2D eigenvalue weighted by Gasteiger charge is 2.31. The molecule has 1 aromatic heterocycles. The molecule has 0 fully saturated rings. The van der Waals surface area contributed by atoms with Gasteiger partial charge < -0.3 is 20.1 Å². The number of rotatable bonds is 6. The summed E-state index contributed by atoms with van der Waals surface area (Å²) in [6.07, 6.45) is 0. The predicted octanol–water partition coefficient (Wildman–Crippen LogP) is 4.38. The fourth-order valence-electron chi connectivity index (χ4n) is 4.15. The van der Waals surface area contributed by atoms with Gasteiger partial charge in [0.15, 0.2) is 0 Å². The van der Waals surface area contributed by atoms with Crippen LogP contribution in [0.25, 0.3) is 32.6 Å². The number of hydrogen-bond acceptors (Lipinski definition) is 3. The maximum Gasteiger partial charge on any atom is 0.0673 e. The van der Waals surface area contributed by atoms with E-state index in [0.29, 0.717) is 6.54 Å². The van der Waals surface area contributed by atoms with Crippen molar-refractivity contribution in [3.8, 4) is 0 Å². The van der Waals surface area contributed by atoms with Crippen LogP contribution in [0.15, 0.2) is 54.6 Å². The van der Waals surface area contributed by atoms with Crippen LogP contribution in [0.5, 0.6) is 0 Å². The topological polar surface area (TPSA) is 57.4 Å². The van der Waals surface area contributed by atoms with Gasteiger partial charge in [-0.2, -0.15) is 0 Å². The van der Waals surface area contributed by atoms with Gasteiger partial charge in [0.25, 0.3) is 0 Å². The lowest BCUT2D eigenvalue weighted by molar-refractivity contribution is 0.0551. The van der Waals surface area contributed by atoms with Gasteiger partial charge in [0.2, 0.25) is 0 Å². The maximum atomic E-state index is 9.83. The van der Waals surface area contributed by atoms with E-state index in [1.54, 1.807) is 0 Å². The summed E-state index contributed by atoms with van der Waals surface area (Å²) < 4.78 is 2.24. The van der Waals surface area contributed by atoms with E-state index in [1.165, 1.54) is 32.6 Å². The Hall–Kier alpha value is -2.11. The van der Waals surface area contributed by atoms with E-state index in [-0.39, 0.29) is 31.5 Å². The lowest BCUT2D eigenvalue weighted by Crippen LogP contribution is -2.55. The molecular weight excluding hydrogens is 384 g/mol. The van der Waals surface area contributed by atoms with Crippen LogP contribution in [0.3, 0.4) is 0 Å². The Morgan fingerprint density at radius 1 is 0.931 bits per heavy atom. The molecule has 1 heterocycles. The summed E-state index contributed by atoms with van der Waals surface area (Å²) in [6, 6.07) is 19.4. The number of hydrogen-bond donors (Lipinski definition) is 3. The second kappa shape index (κ2) is 8.33. The first kappa shape index (κ1) is 21.6. The van der Waals surface area contributed by atoms with Crippen molar-refractivity contribution in [2.24, 2.45) is 13.0 Å². The first-order chi connectivity index (χ1) is 13.5. The highest BCUT2D eigenvalue weighted by molar-refractivity contribution is 6.20. The molecule has 0 saturated carbocycles. The highest BCUT2D eigenvalue weighted by atomic mass is 35.5. The Kier molecular flexibility index (Phi) is 6.20. The number of fused-ring (bicyclic) bond motifs is 5. The molecule has 3 aromatic carbocycles. The molecule has 0 amide bonds. The minimum Gasteiger partial charge on any atom is -0.394 e. The summed E-state index contributed by atoms with van der Waals surface area (Å²) in [5.74, 6) is 0.118. The van der Waals surface area contributed by atoms with Crippen molar-refractivity contribution in [3.63, 3.8) is 0 Å². The van der Waals surface area contributed by atoms with Crippen molar-refractivity contribution in [1.82, 2.24) is 9.88 Å². The Labute approximate surface area is 177 Å². The molecule has 0 spiro atoms. The van der Waals surface area contributed by atoms with E-state index in [1.807, 2.05) is 13.8 Å². The highest BCUT2D eigenvalue weighted by Crippen LogP contribution is 2.34. The van der Waals surface area contributed by atoms with Crippen LogP contribution in [-0.2, 0) is 13.6 Å². The summed E-state index contributed by atoms with van der Waals surface area (Å²) in [5.41, 5.74) is 2.89. The van der Waals surface area contributed by atoms with Crippen molar-refractivity contribution in [3.05, 3.63) is 60.2 Å². The number of nitrogens with one attached hydrogen (secondary N) is 1. The number of nitrogens with zero attached hydrogens (tertiary/aromatic N) is 1. The van der Waals surface area contributed by atoms with Crippen LogP contribution in [0.1, 0.15) is 19.4 Å². The smallest absolute Gasteiger partial charge is 0.0673 e. The van der Waals surface area contributed by atoms with Crippen molar-refractivity contribution in [2.75, 3.05) is 13.2 Å². The van der Waals surface area contributed by atoms with Gasteiger partial charge in [-0.3, -0.25) is 0 Å². The lowest BCUT2D eigenvalue weighted by Gasteiger charge is -2.35. The maximum absolute atomic E-state index is 9.83. The molecule has 0 radical (unpaired) electrons. The molecule has 4 aromatic rings. The molecule has 154 valence electrons. The normalized spacial score (nSPS) is 12.2. The van der Waals surface area contributed by atoms with Gasteiger partial charge in [-0.25, -0.2) is 0 Å². The van der Waals surface area contributed by atoms with Gasteiger partial charge in [0.1, 0.15) is 0 Å². The van der Waals surface area contributed by atoms with E-state index in [2.05, 4.69) is 71.5 Å². The number of aromatic nitrogens is 1. The van der Waals surface area contributed by atoms with Crippen LogP contribution in [0.2, 0.25) is 0 Å². The molecule has 3 N–H and O–H groups in total. The zero-order valence-corrected chi connectivity index (χ0v) is 18.0. The standard InChI is InChI=1S/C24H28N2O2.ClH/c1-16(2)24(14-27,15-28)25-13-17-8-10-21-20(12-17)23-19-7-5-4-6-18(19)9-11-22(23)26(21)3;/h4-12,16,25,27-28H,13-15H2,1-3H3;1H. The van der Waals surface area contributed by atoms with Crippen molar-refractivity contribution >= 4 is 45.0 Å². The van der Waals surface area contributed by atoms with Crippen molar-refractivity contribution in [1.29, 1.82) is 0 Å². The van der Waals surface area contributed by atoms with E-state index in [0.717, 1.165) is 5.56 Å². The molecule has 0 aliphatic heterocycles. The van der Waals surface area contributed by atoms with E-state index in [9.17, 15) is 10.2 Å². The zero-order valence-electron chi connectivity index (χ0n) is 17.1. The van der Waals surface area contributed by atoms with Crippen LogP contribution < -0.4 is 5.32 Å². The molecule has 0 unspecified atom stereocenters.